The fraction of sp³-hybridized carbons (Fsp3) is 0.375. The maximum absolute atomic E-state index is 12.1. The lowest BCUT2D eigenvalue weighted by molar-refractivity contribution is -0.140. The molecule has 0 bridgehead atoms. The van der Waals surface area contributed by atoms with E-state index in [0.717, 1.165) is 17.4 Å². The molecule has 0 saturated carbocycles. The molecule has 2 atom stereocenters. The summed E-state index contributed by atoms with van der Waals surface area (Å²) >= 11 is 7.20. The van der Waals surface area contributed by atoms with E-state index >= 15 is 0 Å². The Morgan fingerprint density at radius 2 is 2.18 bits per heavy atom. The van der Waals surface area contributed by atoms with Gasteiger partial charge in [-0.05, 0) is 12.3 Å². The number of carbonyl (C=O) groups is 4. The highest BCUT2D eigenvalue weighted by Gasteiger charge is 2.54. The second kappa shape index (κ2) is 12.7. The molecule has 3 N–H and O–H groups in total. The number of rotatable bonds is 12. The minimum atomic E-state index is -4.89. The molecular formula is C16H18ClN5O9S3. The van der Waals surface area contributed by atoms with Gasteiger partial charge < -0.3 is 20.2 Å². The highest BCUT2D eigenvalue weighted by molar-refractivity contribution is 8.03. The zero-order valence-electron chi connectivity index (χ0n) is 17.2. The molecule has 1 aromatic rings. The molecule has 2 rings (SSSR count). The number of hydrogen-bond acceptors (Lipinski definition) is 12. The van der Waals surface area contributed by atoms with Crippen LogP contribution in [0.4, 0.5) is 5.13 Å². The lowest BCUT2D eigenvalue weighted by Gasteiger charge is -2.42. The standard InChI is InChI=1S/C16H18ClN5O9S3/c1-2-30-12(25)3-4-32-15-13(14(26)22(15)34(27,28)29)20-11(24)6-18-31-7-9-8-33-16(19-9)21-10(23)5-17/h3-4,6,8,13,15H,2,5,7H2,1H3,(H,20,24)(H,19,21,23)(H,27,28,29)/b4-3+,18-6?/t13-,15-/m1/s1. The van der Waals surface area contributed by atoms with Crippen molar-refractivity contribution in [3.63, 3.8) is 0 Å². The molecule has 1 aliphatic rings. The van der Waals surface area contributed by atoms with E-state index in [-0.39, 0.29) is 23.4 Å². The summed E-state index contributed by atoms with van der Waals surface area (Å²) in [4.78, 5) is 55.6. The van der Waals surface area contributed by atoms with Gasteiger partial charge in [-0.25, -0.2) is 9.78 Å². The molecule has 0 unspecified atom stereocenters. The van der Waals surface area contributed by atoms with E-state index in [1.54, 1.807) is 12.3 Å². The summed E-state index contributed by atoms with van der Waals surface area (Å²) in [7, 11) is -4.89. The molecule has 0 radical (unpaired) electrons. The van der Waals surface area contributed by atoms with Crippen LogP contribution < -0.4 is 10.6 Å². The van der Waals surface area contributed by atoms with Gasteiger partial charge in [-0.1, -0.05) is 5.16 Å². The van der Waals surface area contributed by atoms with Gasteiger partial charge in [0.05, 0.1) is 12.3 Å². The van der Waals surface area contributed by atoms with Crippen molar-refractivity contribution in [2.24, 2.45) is 5.16 Å². The number of nitrogens with one attached hydrogen (secondary N) is 2. The summed E-state index contributed by atoms with van der Waals surface area (Å²) in [5.74, 6) is -3.32. The number of oxime groups is 1. The van der Waals surface area contributed by atoms with Crippen molar-refractivity contribution in [3.05, 3.63) is 22.6 Å². The summed E-state index contributed by atoms with van der Waals surface area (Å²) < 4.78 is 36.9. The first kappa shape index (κ1) is 27.5. The number of nitrogens with zero attached hydrogens (tertiary/aromatic N) is 3. The van der Waals surface area contributed by atoms with E-state index in [0.29, 0.717) is 28.8 Å². The molecule has 1 aromatic heterocycles. The van der Waals surface area contributed by atoms with Crippen molar-refractivity contribution in [2.45, 2.75) is 24.9 Å². The first-order valence-corrected chi connectivity index (χ1v) is 12.9. The number of esters is 1. The molecule has 0 aliphatic carbocycles. The Balaban J connectivity index is 1.89. The number of anilines is 1. The van der Waals surface area contributed by atoms with Crippen LogP contribution in [0.3, 0.4) is 0 Å². The van der Waals surface area contributed by atoms with Crippen LogP contribution in [0.1, 0.15) is 12.6 Å². The topological polar surface area (TPSA) is 194 Å². The maximum Gasteiger partial charge on any atom is 0.363 e. The lowest BCUT2D eigenvalue weighted by atomic mass is 10.1. The highest BCUT2D eigenvalue weighted by atomic mass is 35.5. The normalized spacial score (nSPS) is 18.1. The van der Waals surface area contributed by atoms with Gasteiger partial charge in [-0.15, -0.1) is 34.7 Å². The van der Waals surface area contributed by atoms with E-state index in [1.165, 1.54) is 5.41 Å². The average molecular weight is 556 g/mol. The number of amides is 3. The van der Waals surface area contributed by atoms with Crippen LogP contribution in [0.5, 0.6) is 0 Å². The molecule has 1 saturated heterocycles. The number of thioether (sulfide) groups is 1. The quantitative estimate of drug-likeness (QED) is 0.0601. The van der Waals surface area contributed by atoms with Crippen molar-refractivity contribution in [2.75, 3.05) is 17.8 Å². The van der Waals surface area contributed by atoms with Crippen molar-refractivity contribution < 1.29 is 41.7 Å². The molecule has 2 heterocycles. The molecule has 186 valence electrons. The van der Waals surface area contributed by atoms with E-state index in [2.05, 4.69) is 25.5 Å². The van der Waals surface area contributed by atoms with Gasteiger partial charge in [0, 0.05) is 11.5 Å². The van der Waals surface area contributed by atoms with Crippen molar-refractivity contribution in [3.8, 4) is 0 Å². The second-order valence-electron chi connectivity index (χ2n) is 6.01. The Kier molecular flexibility index (Phi) is 10.2. The number of hydrogen-bond donors (Lipinski definition) is 3. The number of β-lactam (4-membered cyclic amide) rings is 1. The predicted octanol–water partition coefficient (Wildman–Crippen LogP) is 0.0887. The molecule has 14 nitrogen and oxygen atoms in total. The fourth-order valence-electron chi connectivity index (χ4n) is 2.28. The molecule has 18 heteroatoms. The SMILES string of the molecule is CCOC(=O)/C=C/S[C@@H]1[C@H](NC(=O)C=NOCc2csc(NC(=O)CCl)n2)C(=O)N1S(=O)(=O)O. The zero-order valence-corrected chi connectivity index (χ0v) is 20.4. The van der Waals surface area contributed by atoms with Gasteiger partial charge in [0.1, 0.15) is 23.5 Å². The third-order valence-electron chi connectivity index (χ3n) is 3.63. The van der Waals surface area contributed by atoms with Gasteiger partial charge in [0.2, 0.25) is 5.91 Å². The predicted molar refractivity (Wildman–Crippen MR) is 122 cm³/mol. The molecule has 0 spiro atoms. The van der Waals surface area contributed by atoms with Crippen LogP contribution >= 0.6 is 34.7 Å². The van der Waals surface area contributed by atoms with E-state index in [9.17, 15) is 32.1 Å². The van der Waals surface area contributed by atoms with Crippen LogP contribution in [0.15, 0.2) is 22.0 Å². The number of halogens is 1. The molecule has 3 amide bonds. The number of ether oxygens (including phenoxy) is 1. The Morgan fingerprint density at radius 1 is 1.44 bits per heavy atom. The van der Waals surface area contributed by atoms with Gasteiger partial charge >= 0.3 is 16.3 Å². The molecule has 1 aliphatic heterocycles. The number of carbonyl (C=O) groups excluding carboxylic acids is 4. The van der Waals surface area contributed by atoms with Crippen LogP contribution in [0.25, 0.3) is 0 Å². The van der Waals surface area contributed by atoms with Crippen LogP contribution in [0, 0.1) is 0 Å². The fourth-order valence-corrected chi connectivity index (χ4v) is 5.16. The lowest BCUT2D eigenvalue weighted by Crippen LogP contribution is -2.70. The highest BCUT2D eigenvalue weighted by Crippen LogP contribution is 2.33. The van der Waals surface area contributed by atoms with Crippen LogP contribution in [-0.4, -0.2) is 76.1 Å². The van der Waals surface area contributed by atoms with Crippen molar-refractivity contribution in [1.29, 1.82) is 0 Å². The van der Waals surface area contributed by atoms with Gasteiger partial charge in [0.25, 0.3) is 11.8 Å². The van der Waals surface area contributed by atoms with Crippen LogP contribution in [0.2, 0.25) is 0 Å². The van der Waals surface area contributed by atoms with Crippen LogP contribution in [-0.2, 0) is 45.7 Å². The Morgan fingerprint density at radius 3 is 2.82 bits per heavy atom. The third kappa shape index (κ3) is 7.94. The average Bonchev–Trinajstić information content (AvgIpc) is 3.20. The summed E-state index contributed by atoms with van der Waals surface area (Å²) in [5.41, 5.74) is 0.412. The zero-order chi connectivity index (χ0) is 25.3. The van der Waals surface area contributed by atoms with Crippen molar-refractivity contribution in [1.82, 2.24) is 14.6 Å². The molecule has 34 heavy (non-hydrogen) atoms. The summed E-state index contributed by atoms with van der Waals surface area (Å²) in [6, 6.07) is -1.33. The first-order chi connectivity index (χ1) is 16.1. The summed E-state index contributed by atoms with van der Waals surface area (Å²) in [5, 5.41) is 9.93. The number of aromatic nitrogens is 1. The number of alkyl halides is 1. The first-order valence-electron chi connectivity index (χ1n) is 9.12. The minimum absolute atomic E-state index is 0.126. The largest absolute Gasteiger partial charge is 0.463 e. The molecule has 0 aromatic carbocycles. The molecular weight excluding hydrogens is 538 g/mol. The number of thiazole rings is 1. The van der Waals surface area contributed by atoms with E-state index in [1.807, 2.05) is 0 Å². The van der Waals surface area contributed by atoms with Gasteiger partial charge in [0.15, 0.2) is 11.7 Å². The smallest absolute Gasteiger partial charge is 0.363 e. The van der Waals surface area contributed by atoms with Crippen molar-refractivity contribution >= 4 is 80.0 Å². The monoisotopic (exact) mass is 555 g/mol. The van der Waals surface area contributed by atoms with Gasteiger partial charge in [-0.2, -0.15) is 12.7 Å². The van der Waals surface area contributed by atoms with E-state index < -0.39 is 45.4 Å². The summed E-state index contributed by atoms with van der Waals surface area (Å²) in [6.07, 6.45) is 1.71. The maximum atomic E-state index is 12.1. The Bertz CT molecular complexity index is 1090. The Labute approximate surface area is 206 Å². The molecule has 1 fully saturated rings. The van der Waals surface area contributed by atoms with Gasteiger partial charge in [-0.3, -0.25) is 18.9 Å². The van der Waals surface area contributed by atoms with E-state index in [4.69, 9.17) is 16.4 Å². The second-order valence-corrected chi connectivity index (χ2v) is 9.46. The Hall–Kier alpha value is -2.73. The summed E-state index contributed by atoms with van der Waals surface area (Å²) in [6.45, 7) is 1.59. The third-order valence-corrected chi connectivity index (χ3v) is 6.77. The minimum Gasteiger partial charge on any atom is -0.463 e.